The van der Waals surface area contributed by atoms with Crippen LogP contribution in [0, 0.1) is 0 Å². The molecule has 40 heavy (non-hydrogen) atoms. The number of aliphatic imine (C=N–C) groups is 1. The maximum atomic E-state index is 13.3. The number of carbonyl (C=O) groups excluding carboxylic acids is 4. The van der Waals surface area contributed by atoms with E-state index in [4.69, 9.17) is 28.0 Å². The molecule has 0 aromatic heterocycles. The lowest BCUT2D eigenvalue weighted by molar-refractivity contribution is -0.142. The van der Waals surface area contributed by atoms with E-state index in [9.17, 15) is 33.9 Å². The molecule has 0 aliphatic heterocycles. The number of amides is 4. The van der Waals surface area contributed by atoms with E-state index in [1.165, 1.54) is 0 Å². The highest BCUT2D eigenvalue weighted by atomic mass is 16.4. The molecule has 0 spiro atoms. The predicted molar refractivity (Wildman–Crippen MR) is 142 cm³/mol. The number of hydrogen-bond acceptors (Lipinski definition) is 8. The molecule has 4 atom stereocenters. The van der Waals surface area contributed by atoms with Crippen LogP contribution < -0.4 is 38.9 Å². The van der Waals surface area contributed by atoms with Crippen LogP contribution in [0.4, 0.5) is 0 Å². The number of guanidine groups is 1. The summed E-state index contributed by atoms with van der Waals surface area (Å²) in [6, 6.07) is 3.08. The van der Waals surface area contributed by atoms with Gasteiger partial charge in [-0.2, -0.15) is 0 Å². The molecule has 0 saturated heterocycles. The standard InChI is InChI=1S/C24H36N8O8/c25-14(12-19(34)35)20(36)32-17(11-13-5-2-1-3-6-13)22(38)30-15(7-4-10-29-24(27)28)21(37)31-16(23(39)40)8-9-18(26)33/h1-3,5-6,14-17H,4,7-12,25H2,(H2,26,33)(H,30,38)(H,31,37)(H,32,36)(H,34,35)(H,39,40)(H4,27,28,29). The molecule has 0 fully saturated rings. The van der Waals surface area contributed by atoms with Gasteiger partial charge < -0.3 is 49.1 Å². The molecule has 1 aromatic carbocycles. The van der Waals surface area contributed by atoms with Crippen LogP contribution in [0.3, 0.4) is 0 Å². The number of primary amides is 1. The second-order valence-corrected chi connectivity index (χ2v) is 8.87. The minimum absolute atomic E-state index is 0.0267. The molecule has 16 nitrogen and oxygen atoms in total. The number of hydrogen-bond donors (Lipinski definition) is 9. The lowest BCUT2D eigenvalue weighted by atomic mass is 10.0. The van der Waals surface area contributed by atoms with E-state index < -0.39 is 66.2 Å². The van der Waals surface area contributed by atoms with Gasteiger partial charge in [-0.3, -0.25) is 29.0 Å². The van der Waals surface area contributed by atoms with Crippen molar-refractivity contribution in [3.63, 3.8) is 0 Å². The maximum Gasteiger partial charge on any atom is 0.326 e. The molecule has 0 heterocycles. The fraction of sp³-hybridized carbons (Fsp3) is 0.458. The molecule has 0 bridgehead atoms. The zero-order valence-electron chi connectivity index (χ0n) is 21.7. The molecule has 13 N–H and O–H groups in total. The molecule has 0 aliphatic carbocycles. The number of carbonyl (C=O) groups is 6. The molecular formula is C24H36N8O8. The van der Waals surface area contributed by atoms with E-state index >= 15 is 0 Å². The monoisotopic (exact) mass is 564 g/mol. The second kappa shape index (κ2) is 17.0. The van der Waals surface area contributed by atoms with Gasteiger partial charge in [0, 0.05) is 19.4 Å². The van der Waals surface area contributed by atoms with E-state index in [1.54, 1.807) is 30.3 Å². The molecule has 16 heteroatoms. The Labute approximate surface area is 229 Å². The van der Waals surface area contributed by atoms with Crippen LogP contribution in [-0.4, -0.2) is 82.5 Å². The minimum Gasteiger partial charge on any atom is -0.481 e. The van der Waals surface area contributed by atoms with Gasteiger partial charge in [0.25, 0.3) is 0 Å². The third-order valence-electron chi connectivity index (χ3n) is 5.52. The van der Waals surface area contributed by atoms with E-state index in [-0.39, 0.29) is 44.6 Å². The van der Waals surface area contributed by atoms with E-state index in [0.717, 1.165) is 0 Å². The summed E-state index contributed by atoms with van der Waals surface area (Å²) in [6.07, 6.45) is -1.12. The Morgan fingerprint density at radius 1 is 0.800 bits per heavy atom. The molecule has 1 aromatic rings. The third kappa shape index (κ3) is 13.2. The number of aliphatic carboxylic acids is 2. The Bertz CT molecular complexity index is 1080. The highest BCUT2D eigenvalue weighted by Gasteiger charge is 2.30. The predicted octanol–water partition coefficient (Wildman–Crippen LogP) is -3.11. The molecule has 0 radical (unpaired) electrons. The van der Waals surface area contributed by atoms with Crippen LogP contribution >= 0.6 is 0 Å². The summed E-state index contributed by atoms with van der Waals surface area (Å²) < 4.78 is 0. The van der Waals surface area contributed by atoms with Gasteiger partial charge in [0.15, 0.2) is 5.96 Å². The average Bonchev–Trinajstić information content (AvgIpc) is 2.87. The van der Waals surface area contributed by atoms with Crippen molar-refractivity contribution < 1.29 is 39.0 Å². The van der Waals surface area contributed by atoms with Gasteiger partial charge in [-0.15, -0.1) is 0 Å². The first-order valence-electron chi connectivity index (χ1n) is 12.3. The van der Waals surface area contributed by atoms with Crippen LogP contribution in [0.2, 0.25) is 0 Å². The van der Waals surface area contributed by atoms with Crippen LogP contribution in [0.1, 0.15) is 37.7 Å². The van der Waals surface area contributed by atoms with Crippen molar-refractivity contribution in [3.05, 3.63) is 35.9 Å². The average molecular weight is 565 g/mol. The van der Waals surface area contributed by atoms with Gasteiger partial charge in [0.2, 0.25) is 23.6 Å². The quantitative estimate of drug-likeness (QED) is 0.0488. The summed E-state index contributed by atoms with van der Waals surface area (Å²) in [7, 11) is 0. The summed E-state index contributed by atoms with van der Waals surface area (Å²) in [4.78, 5) is 76.3. The summed E-state index contributed by atoms with van der Waals surface area (Å²) in [5.41, 5.74) is 22.0. The smallest absolute Gasteiger partial charge is 0.326 e. The highest BCUT2D eigenvalue weighted by Crippen LogP contribution is 2.07. The zero-order chi connectivity index (χ0) is 30.2. The number of rotatable bonds is 18. The van der Waals surface area contributed by atoms with Crippen molar-refractivity contribution in [2.24, 2.45) is 27.9 Å². The van der Waals surface area contributed by atoms with Crippen LogP contribution in [0.15, 0.2) is 35.3 Å². The number of nitrogens with zero attached hydrogens (tertiary/aromatic N) is 1. The molecule has 0 aliphatic rings. The van der Waals surface area contributed by atoms with Gasteiger partial charge >= 0.3 is 11.9 Å². The van der Waals surface area contributed by atoms with Gasteiger partial charge in [-0.25, -0.2) is 4.79 Å². The van der Waals surface area contributed by atoms with Crippen molar-refractivity contribution in [1.29, 1.82) is 0 Å². The maximum absolute atomic E-state index is 13.3. The van der Waals surface area contributed by atoms with Crippen LogP contribution in [0.25, 0.3) is 0 Å². The first-order valence-corrected chi connectivity index (χ1v) is 12.3. The van der Waals surface area contributed by atoms with Gasteiger partial charge in [0.05, 0.1) is 12.5 Å². The SMILES string of the molecule is NC(=O)CCC(NC(=O)C(CCCN=C(N)N)NC(=O)C(Cc1ccccc1)NC(=O)C(N)CC(=O)O)C(=O)O. The van der Waals surface area contributed by atoms with E-state index in [2.05, 4.69) is 20.9 Å². The minimum atomic E-state index is -1.47. The van der Waals surface area contributed by atoms with Gasteiger partial charge in [-0.1, -0.05) is 30.3 Å². The fourth-order valence-corrected chi connectivity index (χ4v) is 3.48. The Balaban J connectivity index is 3.16. The van der Waals surface area contributed by atoms with Crippen molar-refractivity contribution in [2.45, 2.75) is 62.7 Å². The normalized spacial score (nSPS) is 13.5. The van der Waals surface area contributed by atoms with Crippen molar-refractivity contribution in [3.8, 4) is 0 Å². The lowest BCUT2D eigenvalue weighted by Gasteiger charge is -2.25. The molecule has 4 amide bonds. The topological polar surface area (TPSA) is 295 Å². The Hall–Kier alpha value is -4.73. The summed E-state index contributed by atoms with van der Waals surface area (Å²) in [5, 5.41) is 25.6. The van der Waals surface area contributed by atoms with E-state index in [1.807, 2.05) is 0 Å². The second-order valence-electron chi connectivity index (χ2n) is 8.87. The number of benzene rings is 1. The Morgan fingerprint density at radius 2 is 1.38 bits per heavy atom. The molecular weight excluding hydrogens is 528 g/mol. The van der Waals surface area contributed by atoms with E-state index in [0.29, 0.717) is 5.56 Å². The van der Waals surface area contributed by atoms with Gasteiger partial charge in [-0.05, 0) is 24.8 Å². The number of carboxylic acid groups (broad SMARTS) is 2. The molecule has 1 rings (SSSR count). The summed E-state index contributed by atoms with van der Waals surface area (Å²) >= 11 is 0. The Kier molecular flexibility index (Phi) is 14.1. The van der Waals surface area contributed by atoms with Crippen LogP contribution in [0.5, 0.6) is 0 Å². The molecule has 220 valence electrons. The van der Waals surface area contributed by atoms with Crippen molar-refractivity contribution >= 4 is 41.5 Å². The largest absolute Gasteiger partial charge is 0.481 e. The summed E-state index contributed by atoms with van der Waals surface area (Å²) in [6.45, 7) is 0.0975. The zero-order valence-corrected chi connectivity index (χ0v) is 21.7. The molecule has 0 saturated carbocycles. The molecule has 4 unspecified atom stereocenters. The third-order valence-corrected chi connectivity index (χ3v) is 5.52. The van der Waals surface area contributed by atoms with Crippen molar-refractivity contribution in [2.75, 3.05) is 6.54 Å². The highest BCUT2D eigenvalue weighted by molar-refractivity contribution is 5.95. The number of nitrogens with one attached hydrogen (secondary N) is 3. The first kappa shape index (κ1) is 33.3. The number of nitrogens with two attached hydrogens (primary N) is 4. The Morgan fingerprint density at radius 3 is 1.93 bits per heavy atom. The number of carboxylic acids is 2. The fourth-order valence-electron chi connectivity index (χ4n) is 3.48. The lowest BCUT2D eigenvalue weighted by Crippen LogP contribution is -2.57. The first-order chi connectivity index (χ1) is 18.8. The van der Waals surface area contributed by atoms with Crippen molar-refractivity contribution in [1.82, 2.24) is 16.0 Å². The van der Waals surface area contributed by atoms with Gasteiger partial charge in [0.1, 0.15) is 18.1 Å². The summed E-state index contributed by atoms with van der Waals surface area (Å²) in [5.74, 6) is -6.26. The van der Waals surface area contributed by atoms with Crippen LogP contribution in [-0.2, 0) is 35.2 Å².